The molecule has 9 heteroatoms. The molecule has 0 aliphatic carbocycles. The lowest BCUT2D eigenvalue weighted by atomic mass is 10.1. The first-order valence-electron chi connectivity index (χ1n) is 7.81. The minimum Gasteiger partial charge on any atom is -0.394 e. The zero-order valence-electron chi connectivity index (χ0n) is 14.4. The van der Waals surface area contributed by atoms with Gasteiger partial charge >= 0.3 is 0 Å². The summed E-state index contributed by atoms with van der Waals surface area (Å²) in [6, 6.07) is 5.87. The maximum atomic E-state index is 11.3. The van der Waals surface area contributed by atoms with Crippen LogP contribution in [0.15, 0.2) is 35.4 Å². The van der Waals surface area contributed by atoms with Crippen molar-refractivity contribution in [3.63, 3.8) is 0 Å². The molecule has 0 radical (unpaired) electrons. The fraction of sp³-hybridized carbons (Fsp3) is 0.375. The molecule has 136 valence electrons. The van der Waals surface area contributed by atoms with Crippen LogP contribution in [-0.4, -0.2) is 36.1 Å². The van der Waals surface area contributed by atoms with Crippen molar-refractivity contribution in [1.82, 2.24) is 9.97 Å². The van der Waals surface area contributed by atoms with Crippen molar-refractivity contribution in [2.24, 2.45) is 11.1 Å². The van der Waals surface area contributed by atoms with Gasteiger partial charge < -0.3 is 15.7 Å². The monoisotopic (exact) mass is 365 g/mol. The maximum absolute atomic E-state index is 11.3. The van der Waals surface area contributed by atoms with Crippen LogP contribution in [-0.2, 0) is 10.0 Å². The zero-order valence-corrected chi connectivity index (χ0v) is 15.2. The Kier molecular flexibility index (Phi) is 5.93. The van der Waals surface area contributed by atoms with Crippen molar-refractivity contribution >= 4 is 27.5 Å². The first kappa shape index (κ1) is 19.1. The maximum Gasteiger partial charge on any atom is 0.238 e. The molecule has 0 saturated carbocycles. The number of aliphatic hydroxyl groups is 1. The number of sulfonamides is 1. The second kappa shape index (κ2) is 7.77. The molecule has 2 rings (SSSR count). The molecule has 1 aromatic heterocycles. The third-order valence-electron chi connectivity index (χ3n) is 3.73. The van der Waals surface area contributed by atoms with E-state index in [2.05, 4.69) is 20.6 Å². The normalized spacial score (nSPS) is 12.9. The lowest BCUT2D eigenvalue weighted by Gasteiger charge is -2.21. The summed E-state index contributed by atoms with van der Waals surface area (Å²) in [5, 5.41) is 20.8. The largest absolute Gasteiger partial charge is 0.394 e. The smallest absolute Gasteiger partial charge is 0.238 e. The Hall–Kier alpha value is -2.23. The highest BCUT2D eigenvalue weighted by Gasteiger charge is 2.14. The van der Waals surface area contributed by atoms with Gasteiger partial charge in [0.05, 0.1) is 17.5 Å². The topological polar surface area (TPSA) is 130 Å². The molecule has 0 unspecified atom stereocenters. The molecular weight excluding hydrogens is 342 g/mol. The second-order valence-corrected chi connectivity index (χ2v) is 7.66. The fourth-order valence-corrected chi connectivity index (χ4v) is 2.62. The molecule has 0 aliphatic rings. The van der Waals surface area contributed by atoms with Crippen LogP contribution in [0.4, 0.5) is 17.5 Å². The summed E-state index contributed by atoms with van der Waals surface area (Å²) in [4.78, 5) is 8.67. The zero-order chi connectivity index (χ0) is 18.6. The molecule has 1 atom stereocenters. The molecule has 1 aromatic carbocycles. The number of aliphatic hydroxyl groups excluding tert-OH is 1. The minimum absolute atomic E-state index is 0.00110. The van der Waals surface area contributed by atoms with Crippen LogP contribution in [0.5, 0.6) is 0 Å². The van der Waals surface area contributed by atoms with Crippen molar-refractivity contribution in [3.8, 4) is 0 Å². The lowest BCUT2D eigenvalue weighted by molar-refractivity contribution is 0.249. The Morgan fingerprint density at radius 1 is 1.24 bits per heavy atom. The minimum atomic E-state index is -3.72. The van der Waals surface area contributed by atoms with Gasteiger partial charge in [0.1, 0.15) is 5.82 Å². The molecule has 0 spiro atoms. The van der Waals surface area contributed by atoms with Gasteiger partial charge in [-0.25, -0.2) is 18.5 Å². The fourth-order valence-electron chi connectivity index (χ4n) is 2.10. The first-order chi connectivity index (χ1) is 11.7. The van der Waals surface area contributed by atoms with E-state index in [0.717, 1.165) is 5.56 Å². The SMILES string of the molecule is Cc1cnc(Nc2ccc(S(N)(=O)=O)cc2)nc1N[C@@H](CO)C(C)C. The molecule has 0 aliphatic heterocycles. The number of aryl methyl sites for hydroxylation is 1. The molecule has 1 heterocycles. The Balaban J connectivity index is 2.19. The van der Waals surface area contributed by atoms with Crippen LogP contribution < -0.4 is 15.8 Å². The molecule has 2 aromatic rings. The predicted octanol–water partition coefficient (Wildman–Crippen LogP) is 1.60. The summed E-state index contributed by atoms with van der Waals surface area (Å²) in [5.41, 5.74) is 1.49. The van der Waals surface area contributed by atoms with E-state index < -0.39 is 10.0 Å². The van der Waals surface area contributed by atoms with Crippen molar-refractivity contribution in [1.29, 1.82) is 0 Å². The summed E-state index contributed by atoms with van der Waals surface area (Å²) in [6.45, 7) is 5.90. The third kappa shape index (κ3) is 5.12. The molecule has 0 bridgehead atoms. The van der Waals surface area contributed by atoms with Crippen molar-refractivity contribution < 1.29 is 13.5 Å². The van der Waals surface area contributed by atoms with Crippen LogP contribution in [0.1, 0.15) is 19.4 Å². The number of nitrogens with two attached hydrogens (primary N) is 1. The van der Waals surface area contributed by atoms with E-state index in [9.17, 15) is 13.5 Å². The Morgan fingerprint density at radius 3 is 2.40 bits per heavy atom. The Bertz CT molecular complexity index is 822. The van der Waals surface area contributed by atoms with Gasteiger partial charge in [0.2, 0.25) is 16.0 Å². The van der Waals surface area contributed by atoms with Crippen LogP contribution in [0.2, 0.25) is 0 Å². The van der Waals surface area contributed by atoms with Gasteiger partial charge in [0, 0.05) is 17.4 Å². The van der Waals surface area contributed by atoms with Crippen LogP contribution in [0.25, 0.3) is 0 Å². The van der Waals surface area contributed by atoms with Gasteiger partial charge in [-0.15, -0.1) is 0 Å². The predicted molar refractivity (Wildman–Crippen MR) is 97.2 cm³/mol. The van der Waals surface area contributed by atoms with E-state index in [0.29, 0.717) is 17.5 Å². The third-order valence-corrected chi connectivity index (χ3v) is 4.66. The van der Waals surface area contributed by atoms with E-state index in [-0.39, 0.29) is 23.5 Å². The molecule has 0 saturated heterocycles. The number of anilines is 3. The number of aromatic nitrogens is 2. The Labute approximate surface area is 147 Å². The highest BCUT2D eigenvalue weighted by Crippen LogP contribution is 2.20. The summed E-state index contributed by atoms with van der Waals surface area (Å²) in [7, 11) is -3.72. The highest BCUT2D eigenvalue weighted by molar-refractivity contribution is 7.89. The summed E-state index contributed by atoms with van der Waals surface area (Å²) >= 11 is 0. The average molecular weight is 365 g/mol. The van der Waals surface area contributed by atoms with Gasteiger partial charge in [-0.3, -0.25) is 0 Å². The van der Waals surface area contributed by atoms with E-state index >= 15 is 0 Å². The van der Waals surface area contributed by atoms with Gasteiger partial charge in [0.15, 0.2) is 0 Å². The van der Waals surface area contributed by atoms with Crippen molar-refractivity contribution in [2.75, 3.05) is 17.2 Å². The second-order valence-electron chi connectivity index (χ2n) is 6.10. The quantitative estimate of drug-likeness (QED) is 0.586. The number of primary sulfonamides is 1. The highest BCUT2D eigenvalue weighted by atomic mass is 32.2. The molecule has 0 amide bonds. The number of rotatable bonds is 7. The van der Waals surface area contributed by atoms with Gasteiger partial charge in [-0.05, 0) is 37.1 Å². The van der Waals surface area contributed by atoms with Crippen LogP contribution >= 0.6 is 0 Å². The van der Waals surface area contributed by atoms with Gasteiger partial charge in [0.25, 0.3) is 0 Å². The number of hydrogen-bond donors (Lipinski definition) is 4. The van der Waals surface area contributed by atoms with E-state index in [1.165, 1.54) is 12.1 Å². The van der Waals surface area contributed by atoms with Crippen molar-refractivity contribution in [2.45, 2.75) is 31.7 Å². The summed E-state index contributed by atoms with van der Waals surface area (Å²) < 4.78 is 22.5. The van der Waals surface area contributed by atoms with E-state index in [1.54, 1.807) is 18.3 Å². The summed E-state index contributed by atoms with van der Waals surface area (Å²) in [5.74, 6) is 1.23. The molecule has 5 N–H and O–H groups in total. The van der Waals surface area contributed by atoms with Crippen molar-refractivity contribution in [3.05, 3.63) is 36.0 Å². The first-order valence-corrected chi connectivity index (χ1v) is 9.36. The Morgan fingerprint density at radius 2 is 1.88 bits per heavy atom. The van der Waals surface area contributed by atoms with Gasteiger partial charge in [-0.1, -0.05) is 13.8 Å². The molecule has 8 nitrogen and oxygen atoms in total. The number of hydrogen-bond acceptors (Lipinski definition) is 7. The summed E-state index contributed by atoms with van der Waals surface area (Å²) in [6.07, 6.45) is 1.67. The standard InChI is InChI=1S/C16H23N5O3S/c1-10(2)14(9-22)20-15-11(3)8-18-16(21-15)19-12-4-6-13(7-5-12)25(17,23)24/h4-8,10,14,22H,9H2,1-3H3,(H2,17,23,24)(H2,18,19,20,21)/t14-/m0/s1. The van der Waals surface area contributed by atoms with Crippen LogP contribution in [0, 0.1) is 12.8 Å². The molecular formula is C16H23N5O3S. The lowest BCUT2D eigenvalue weighted by Crippen LogP contribution is -2.30. The number of benzene rings is 1. The number of nitrogens with zero attached hydrogens (tertiary/aromatic N) is 2. The number of nitrogens with one attached hydrogen (secondary N) is 2. The average Bonchev–Trinajstić information content (AvgIpc) is 2.54. The van der Waals surface area contributed by atoms with E-state index in [1.807, 2.05) is 20.8 Å². The molecule has 0 fully saturated rings. The molecule has 25 heavy (non-hydrogen) atoms. The van der Waals surface area contributed by atoms with E-state index in [4.69, 9.17) is 5.14 Å². The van der Waals surface area contributed by atoms with Gasteiger partial charge in [-0.2, -0.15) is 4.98 Å². The van der Waals surface area contributed by atoms with Crippen LogP contribution in [0.3, 0.4) is 0 Å².